The van der Waals surface area contributed by atoms with Gasteiger partial charge >= 0.3 is 0 Å². The molecule has 136 valence electrons. The summed E-state index contributed by atoms with van der Waals surface area (Å²) in [7, 11) is 2.14. The van der Waals surface area contributed by atoms with Crippen LogP contribution in [0.1, 0.15) is 19.8 Å². The van der Waals surface area contributed by atoms with Crippen LogP contribution in [0.5, 0.6) is 5.88 Å². The van der Waals surface area contributed by atoms with E-state index < -0.39 is 0 Å². The predicted octanol–water partition coefficient (Wildman–Crippen LogP) is 3.76. The number of H-pyrrole nitrogens is 1. The Labute approximate surface area is 157 Å². The average Bonchev–Trinajstić information content (AvgIpc) is 3.10. The molecular weight excluding hydrogens is 346 g/mol. The minimum absolute atomic E-state index is 0.536. The molecule has 0 radical (unpaired) electrons. The highest BCUT2D eigenvalue weighted by atomic mass is 32.2. The van der Waals surface area contributed by atoms with Crippen LogP contribution in [0.4, 0.5) is 5.82 Å². The molecule has 3 aromatic rings. The highest BCUT2D eigenvalue weighted by Crippen LogP contribution is 2.39. The molecule has 0 atom stereocenters. The van der Waals surface area contributed by atoms with E-state index in [0.717, 1.165) is 33.4 Å². The van der Waals surface area contributed by atoms with Crippen molar-refractivity contribution < 1.29 is 4.74 Å². The largest absolute Gasteiger partial charge is 0.477 e. The molecule has 26 heavy (non-hydrogen) atoms. The number of nitrogens with zero attached hydrogens (tertiary/aromatic N) is 4. The first-order valence-electron chi connectivity index (χ1n) is 8.97. The molecule has 3 heterocycles. The number of hydrogen-bond acceptors (Lipinski definition) is 6. The SMILES string of the molecule is CCOc1ncccc1SC[C@H]1C[C@@H](N(C)c2ncnc3[nH]ccc23)C1. The summed E-state index contributed by atoms with van der Waals surface area (Å²) in [6, 6.07) is 6.65. The summed E-state index contributed by atoms with van der Waals surface area (Å²) in [5.41, 5.74) is 0.897. The zero-order valence-electron chi connectivity index (χ0n) is 15.1. The maximum Gasteiger partial charge on any atom is 0.227 e. The van der Waals surface area contributed by atoms with Crippen molar-refractivity contribution in [3.63, 3.8) is 0 Å². The number of nitrogens with one attached hydrogen (secondary N) is 1. The fourth-order valence-electron chi connectivity index (χ4n) is 3.40. The highest BCUT2D eigenvalue weighted by Gasteiger charge is 2.33. The normalized spacial score (nSPS) is 19.3. The number of pyridine rings is 1. The first kappa shape index (κ1) is 17.1. The average molecular weight is 369 g/mol. The van der Waals surface area contributed by atoms with E-state index in [1.807, 2.05) is 37.0 Å². The van der Waals surface area contributed by atoms with Gasteiger partial charge in [-0.2, -0.15) is 0 Å². The van der Waals surface area contributed by atoms with Crippen LogP contribution in [-0.2, 0) is 0 Å². The summed E-state index contributed by atoms with van der Waals surface area (Å²) >= 11 is 1.85. The van der Waals surface area contributed by atoms with Gasteiger partial charge in [-0.3, -0.25) is 0 Å². The zero-order valence-corrected chi connectivity index (χ0v) is 15.9. The second-order valence-electron chi connectivity index (χ2n) is 6.59. The number of aromatic nitrogens is 4. The molecule has 3 aromatic heterocycles. The summed E-state index contributed by atoms with van der Waals surface area (Å²) < 4.78 is 5.61. The van der Waals surface area contributed by atoms with E-state index >= 15 is 0 Å². The van der Waals surface area contributed by atoms with Crippen LogP contribution in [0.3, 0.4) is 0 Å². The number of ether oxygens (including phenoxy) is 1. The van der Waals surface area contributed by atoms with Crippen molar-refractivity contribution in [1.29, 1.82) is 0 Å². The Morgan fingerprint density at radius 2 is 2.15 bits per heavy atom. The summed E-state index contributed by atoms with van der Waals surface area (Å²) in [5, 5.41) is 1.09. The molecule has 0 unspecified atom stereocenters. The minimum atomic E-state index is 0.536. The molecule has 4 rings (SSSR count). The van der Waals surface area contributed by atoms with Crippen LogP contribution in [0.2, 0.25) is 0 Å². The third-order valence-corrected chi connectivity index (χ3v) is 6.18. The van der Waals surface area contributed by atoms with Crippen LogP contribution in [0.15, 0.2) is 41.8 Å². The van der Waals surface area contributed by atoms with Gasteiger partial charge in [-0.15, -0.1) is 11.8 Å². The highest BCUT2D eigenvalue weighted by molar-refractivity contribution is 7.99. The molecule has 0 aliphatic heterocycles. The molecule has 1 N–H and O–H groups in total. The Morgan fingerprint density at radius 3 is 3.00 bits per heavy atom. The van der Waals surface area contributed by atoms with Gasteiger partial charge in [0.15, 0.2) is 0 Å². The first-order chi connectivity index (χ1) is 12.8. The van der Waals surface area contributed by atoms with Gasteiger partial charge in [0, 0.05) is 31.2 Å². The molecule has 0 saturated heterocycles. The molecule has 6 nitrogen and oxygen atoms in total. The summed E-state index contributed by atoms with van der Waals surface area (Å²) in [5.74, 6) is 3.58. The standard InChI is InChI=1S/C19H23N5OS/c1-3-25-19-16(5-4-7-21-19)26-11-13-9-14(10-13)24(2)18-15-6-8-20-17(15)22-12-23-18/h4-8,12-14H,3,9-11H2,1-2H3,(H,20,22,23)/t13-,14+. The third-order valence-electron chi connectivity index (χ3n) is 4.92. The quantitative estimate of drug-likeness (QED) is 0.640. The molecule has 1 aliphatic rings. The fourth-order valence-corrected chi connectivity index (χ4v) is 4.50. The van der Waals surface area contributed by atoms with Gasteiger partial charge < -0.3 is 14.6 Å². The van der Waals surface area contributed by atoms with E-state index in [4.69, 9.17) is 4.74 Å². The van der Waals surface area contributed by atoms with E-state index in [-0.39, 0.29) is 0 Å². The van der Waals surface area contributed by atoms with Gasteiger partial charge in [0.2, 0.25) is 5.88 Å². The summed E-state index contributed by atoms with van der Waals surface area (Å²) in [6.07, 6.45) is 7.70. The maximum atomic E-state index is 5.61. The molecular formula is C19H23N5OS. The fraction of sp³-hybridized carbons (Fsp3) is 0.421. The van der Waals surface area contributed by atoms with Crippen molar-refractivity contribution in [2.75, 3.05) is 24.3 Å². The van der Waals surface area contributed by atoms with Crippen molar-refractivity contribution in [3.8, 4) is 5.88 Å². The number of hydrogen-bond donors (Lipinski definition) is 1. The lowest BCUT2D eigenvalue weighted by Crippen LogP contribution is -2.43. The Bertz CT molecular complexity index is 877. The van der Waals surface area contributed by atoms with Gasteiger partial charge in [0.1, 0.15) is 17.8 Å². The van der Waals surface area contributed by atoms with Crippen LogP contribution >= 0.6 is 11.8 Å². The zero-order chi connectivity index (χ0) is 17.9. The molecule has 1 aliphatic carbocycles. The van der Waals surface area contributed by atoms with Crippen LogP contribution in [0.25, 0.3) is 11.0 Å². The molecule has 1 saturated carbocycles. The van der Waals surface area contributed by atoms with Gasteiger partial charge in [-0.25, -0.2) is 15.0 Å². The van der Waals surface area contributed by atoms with E-state index in [1.165, 1.54) is 12.8 Å². The van der Waals surface area contributed by atoms with Gasteiger partial charge in [-0.05, 0) is 43.9 Å². The molecule has 7 heteroatoms. The van der Waals surface area contributed by atoms with Crippen molar-refractivity contribution in [2.24, 2.45) is 5.92 Å². The number of anilines is 1. The number of fused-ring (bicyclic) bond motifs is 1. The second-order valence-corrected chi connectivity index (χ2v) is 7.65. The second kappa shape index (κ2) is 7.53. The number of aromatic amines is 1. The topological polar surface area (TPSA) is 66.9 Å². The van der Waals surface area contributed by atoms with Crippen LogP contribution in [-0.4, -0.2) is 45.4 Å². The van der Waals surface area contributed by atoms with Gasteiger partial charge in [-0.1, -0.05) is 0 Å². The van der Waals surface area contributed by atoms with Gasteiger partial charge in [0.25, 0.3) is 0 Å². The van der Waals surface area contributed by atoms with E-state index in [2.05, 4.69) is 37.9 Å². The Hall–Kier alpha value is -2.28. The third kappa shape index (κ3) is 3.35. The van der Waals surface area contributed by atoms with Gasteiger partial charge in [0.05, 0.1) is 16.9 Å². The Kier molecular flexibility index (Phi) is 4.97. The van der Waals surface area contributed by atoms with E-state index in [1.54, 1.807) is 12.5 Å². The lowest BCUT2D eigenvalue weighted by atomic mass is 9.81. The van der Waals surface area contributed by atoms with Crippen molar-refractivity contribution in [2.45, 2.75) is 30.7 Å². The van der Waals surface area contributed by atoms with Crippen LogP contribution < -0.4 is 9.64 Å². The van der Waals surface area contributed by atoms with Crippen molar-refractivity contribution >= 4 is 28.6 Å². The molecule has 0 amide bonds. The minimum Gasteiger partial charge on any atom is -0.477 e. The Balaban J connectivity index is 1.34. The van der Waals surface area contributed by atoms with E-state index in [0.29, 0.717) is 18.6 Å². The maximum absolute atomic E-state index is 5.61. The van der Waals surface area contributed by atoms with Crippen LogP contribution in [0, 0.1) is 5.92 Å². The Morgan fingerprint density at radius 1 is 1.27 bits per heavy atom. The number of thioether (sulfide) groups is 1. The lowest BCUT2D eigenvalue weighted by molar-refractivity contribution is 0.285. The smallest absolute Gasteiger partial charge is 0.227 e. The summed E-state index contributed by atoms with van der Waals surface area (Å²) in [4.78, 5) is 19.7. The first-order valence-corrected chi connectivity index (χ1v) is 9.96. The predicted molar refractivity (Wildman–Crippen MR) is 105 cm³/mol. The molecule has 0 bridgehead atoms. The lowest BCUT2D eigenvalue weighted by Gasteiger charge is -2.41. The molecule has 1 fully saturated rings. The van der Waals surface area contributed by atoms with Crippen molar-refractivity contribution in [1.82, 2.24) is 19.9 Å². The monoisotopic (exact) mass is 369 g/mol. The molecule has 0 spiro atoms. The molecule has 0 aromatic carbocycles. The summed E-state index contributed by atoms with van der Waals surface area (Å²) in [6.45, 7) is 2.64. The van der Waals surface area contributed by atoms with E-state index in [9.17, 15) is 0 Å². The van der Waals surface area contributed by atoms with Crippen molar-refractivity contribution in [3.05, 3.63) is 36.9 Å². The number of rotatable bonds is 7.